The van der Waals surface area contributed by atoms with E-state index in [0.29, 0.717) is 5.56 Å². The van der Waals surface area contributed by atoms with Gasteiger partial charge in [-0.15, -0.1) is 0 Å². The van der Waals surface area contributed by atoms with Crippen LogP contribution in [0.1, 0.15) is 21.6 Å². The Morgan fingerprint density at radius 1 is 1.04 bits per heavy atom. The van der Waals surface area contributed by atoms with Gasteiger partial charge in [0.25, 0.3) is 0 Å². The maximum atomic E-state index is 11.6. The molecular weight excluding hydrogens is 424 g/mol. The van der Waals surface area contributed by atoms with Crippen molar-refractivity contribution >= 4 is 48.0 Å². The van der Waals surface area contributed by atoms with Gasteiger partial charge in [0.2, 0.25) is 0 Å². The molecule has 0 bridgehead atoms. The molecule has 1 aliphatic heterocycles. The van der Waals surface area contributed by atoms with E-state index in [-0.39, 0.29) is 5.97 Å². The van der Waals surface area contributed by atoms with Gasteiger partial charge in [0, 0.05) is 11.3 Å². The van der Waals surface area contributed by atoms with Crippen molar-refractivity contribution in [2.45, 2.75) is 0 Å². The van der Waals surface area contributed by atoms with E-state index in [2.05, 4.69) is 41.8 Å². The van der Waals surface area contributed by atoms with Gasteiger partial charge in [-0.2, -0.15) is 0 Å². The third-order valence-corrected chi connectivity index (χ3v) is 4.28. The number of rotatable bonds is 3. The molecule has 1 aliphatic rings. The molecule has 0 saturated carbocycles. The normalized spacial score (nSPS) is 15.5. The van der Waals surface area contributed by atoms with Crippen LogP contribution in [-0.2, 0) is 4.74 Å². The van der Waals surface area contributed by atoms with E-state index in [1.165, 1.54) is 7.11 Å². The maximum absolute atomic E-state index is 11.6. The summed E-state index contributed by atoms with van der Waals surface area (Å²) < 4.78 is 6.41. The number of carbonyl (C=O) groups excluding carboxylic acids is 1. The van der Waals surface area contributed by atoms with Crippen molar-refractivity contribution in [3.8, 4) is 0 Å². The van der Waals surface area contributed by atoms with Gasteiger partial charge in [-0.25, -0.2) is 9.79 Å². The molecule has 3 rings (SSSR count). The fourth-order valence-corrected chi connectivity index (χ4v) is 2.99. The molecule has 0 saturated heterocycles. The van der Waals surface area contributed by atoms with Crippen molar-refractivity contribution in [3.63, 3.8) is 0 Å². The standard InChI is InChI=1S/C17H12Br2N2O2/c1-23-17(22)11-4-2-10(3-5-11)16(12-6-8-14(18)20-12)13-7-9-15(19)21-13/h2-9,20H,1H3/b16-13-. The van der Waals surface area contributed by atoms with E-state index in [1.807, 2.05) is 36.4 Å². The number of aromatic nitrogens is 1. The summed E-state index contributed by atoms with van der Waals surface area (Å²) in [6.07, 6.45) is 3.85. The summed E-state index contributed by atoms with van der Waals surface area (Å²) in [7, 11) is 1.37. The van der Waals surface area contributed by atoms with E-state index in [0.717, 1.165) is 31.8 Å². The molecule has 0 atom stereocenters. The van der Waals surface area contributed by atoms with E-state index in [9.17, 15) is 4.79 Å². The van der Waals surface area contributed by atoms with Crippen molar-refractivity contribution in [1.82, 2.24) is 4.98 Å². The van der Waals surface area contributed by atoms with E-state index < -0.39 is 0 Å². The number of carbonyl (C=O) groups is 1. The van der Waals surface area contributed by atoms with Crippen molar-refractivity contribution in [3.05, 3.63) is 75.7 Å². The molecule has 0 fully saturated rings. The zero-order chi connectivity index (χ0) is 16.4. The van der Waals surface area contributed by atoms with E-state index in [4.69, 9.17) is 4.74 Å². The summed E-state index contributed by atoms with van der Waals surface area (Å²) in [5.41, 5.74) is 4.21. The minimum absolute atomic E-state index is 0.352. The summed E-state index contributed by atoms with van der Waals surface area (Å²) in [6.45, 7) is 0. The van der Waals surface area contributed by atoms with Gasteiger partial charge in [0.15, 0.2) is 0 Å². The smallest absolute Gasteiger partial charge is 0.337 e. The first kappa shape index (κ1) is 16.0. The molecule has 1 aromatic heterocycles. The second-order valence-electron chi connectivity index (χ2n) is 4.82. The molecule has 2 aromatic rings. The predicted octanol–water partition coefficient (Wildman–Crippen LogP) is 4.69. The number of aromatic amines is 1. The molecule has 0 amide bonds. The van der Waals surface area contributed by atoms with Crippen LogP contribution in [0.25, 0.3) is 5.57 Å². The molecule has 116 valence electrons. The fraction of sp³-hybridized carbons (Fsp3) is 0.0588. The molecule has 23 heavy (non-hydrogen) atoms. The summed E-state index contributed by atoms with van der Waals surface area (Å²) >= 11 is 6.82. The number of esters is 1. The van der Waals surface area contributed by atoms with Crippen molar-refractivity contribution in [2.24, 2.45) is 4.99 Å². The fourth-order valence-electron chi connectivity index (χ4n) is 2.32. The van der Waals surface area contributed by atoms with E-state index >= 15 is 0 Å². The number of ether oxygens (including phenoxy) is 1. The molecule has 2 heterocycles. The Kier molecular flexibility index (Phi) is 4.63. The van der Waals surface area contributed by atoms with E-state index in [1.54, 1.807) is 12.1 Å². The van der Waals surface area contributed by atoms with Crippen LogP contribution in [0.3, 0.4) is 0 Å². The first-order chi connectivity index (χ1) is 11.1. The molecule has 4 nitrogen and oxygen atoms in total. The lowest BCUT2D eigenvalue weighted by molar-refractivity contribution is 0.0600. The van der Waals surface area contributed by atoms with Crippen LogP contribution in [0.15, 0.2) is 63.8 Å². The third-order valence-electron chi connectivity index (χ3n) is 3.38. The summed E-state index contributed by atoms with van der Waals surface area (Å²) in [4.78, 5) is 19.3. The van der Waals surface area contributed by atoms with Crippen LogP contribution < -0.4 is 0 Å². The van der Waals surface area contributed by atoms with Gasteiger partial charge in [-0.3, -0.25) is 0 Å². The Bertz CT molecular complexity index is 846. The topological polar surface area (TPSA) is 54.4 Å². The minimum Gasteiger partial charge on any atom is -0.465 e. The average Bonchev–Trinajstić information content (AvgIpc) is 3.17. The average molecular weight is 436 g/mol. The molecule has 1 aromatic carbocycles. The number of halogens is 2. The summed E-state index contributed by atoms with van der Waals surface area (Å²) in [5, 5.41) is 0. The monoisotopic (exact) mass is 434 g/mol. The Morgan fingerprint density at radius 3 is 2.26 bits per heavy atom. The predicted molar refractivity (Wildman–Crippen MR) is 97.8 cm³/mol. The van der Waals surface area contributed by atoms with Crippen LogP contribution in [0, 0.1) is 0 Å². The zero-order valence-electron chi connectivity index (χ0n) is 12.1. The summed E-state index contributed by atoms with van der Waals surface area (Å²) in [6, 6.07) is 11.2. The molecule has 0 aliphatic carbocycles. The van der Waals surface area contributed by atoms with Crippen LogP contribution >= 0.6 is 31.9 Å². The van der Waals surface area contributed by atoms with Gasteiger partial charge in [0.1, 0.15) is 4.62 Å². The van der Waals surface area contributed by atoms with Gasteiger partial charge in [0.05, 0.1) is 23.0 Å². The van der Waals surface area contributed by atoms with Crippen LogP contribution in [-0.4, -0.2) is 22.7 Å². The zero-order valence-corrected chi connectivity index (χ0v) is 15.3. The lowest BCUT2D eigenvalue weighted by atomic mass is 9.99. The number of H-pyrrole nitrogens is 1. The van der Waals surface area contributed by atoms with Gasteiger partial charge < -0.3 is 9.72 Å². The molecule has 0 spiro atoms. The number of benzene rings is 1. The largest absolute Gasteiger partial charge is 0.465 e. The first-order valence-corrected chi connectivity index (χ1v) is 8.37. The number of hydrogen-bond donors (Lipinski definition) is 1. The second kappa shape index (κ2) is 6.68. The SMILES string of the molecule is COC(=O)c1ccc(/C(=C2\C=CC(Br)=N2)c2ccc(Br)[nH]2)cc1. The Morgan fingerprint density at radius 2 is 1.74 bits per heavy atom. The quantitative estimate of drug-likeness (QED) is 0.711. The van der Waals surface area contributed by atoms with Crippen molar-refractivity contribution in [2.75, 3.05) is 7.11 Å². The molecular formula is C17H12Br2N2O2. The molecule has 0 unspecified atom stereocenters. The Labute approximate surface area is 150 Å². The maximum Gasteiger partial charge on any atom is 0.337 e. The van der Waals surface area contributed by atoms with Crippen LogP contribution in [0.2, 0.25) is 0 Å². The highest BCUT2D eigenvalue weighted by molar-refractivity contribution is 9.18. The lowest BCUT2D eigenvalue weighted by Crippen LogP contribution is -2.01. The summed E-state index contributed by atoms with van der Waals surface area (Å²) in [5.74, 6) is -0.352. The number of hydrogen-bond acceptors (Lipinski definition) is 3. The van der Waals surface area contributed by atoms with Gasteiger partial charge >= 0.3 is 5.97 Å². The third kappa shape index (κ3) is 3.38. The molecule has 0 radical (unpaired) electrons. The number of methoxy groups -OCH3 is 1. The van der Waals surface area contributed by atoms with Crippen LogP contribution in [0.5, 0.6) is 0 Å². The molecule has 1 N–H and O–H groups in total. The van der Waals surface area contributed by atoms with Gasteiger partial charge in [-0.05, 0) is 73.8 Å². The highest BCUT2D eigenvalue weighted by atomic mass is 79.9. The first-order valence-electron chi connectivity index (χ1n) is 6.78. The number of nitrogens with one attached hydrogen (secondary N) is 1. The highest BCUT2D eigenvalue weighted by Gasteiger charge is 2.15. The second-order valence-corrected chi connectivity index (χ2v) is 6.48. The van der Waals surface area contributed by atoms with Crippen molar-refractivity contribution < 1.29 is 9.53 Å². The van der Waals surface area contributed by atoms with Gasteiger partial charge in [-0.1, -0.05) is 12.1 Å². The Hall–Kier alpha value is -1.92. The highest BCUT2D eigenvalue weighted by Crippen LogP contribution is 2.31. The lowest BCUT2D eigenvalue weighted by Gasteiger charge is -2.09. The number of allylic oxidation sites excluding steroid dienone is 2. The van der Waals surface area contributed by atoms with Crippen molar-refractivity contribution in [1.29, 1.82) is 0 Å². The number of nitrogens with zero attached hydrogens (tertiary/aromatic N) is 1. The number of aliphatic imine (C=N–C) groups is 1. The minimum atomic E-state index is -0.352. The Balaban J connectivity index is 2.10. The molecule has 6 heteroatoms. The van der Waals surface area contributed by atoms with Crippen LogP contribution in [0.4, 0.5) is 0 Å².